The van der Waals surface area contributed by atoms with E-state index in [1.54, 1.807) is 24.5 Å². The van der Waals surface area contributed by atoms with Gasteiger partial charge in [0, 0.05) is 80.5 Å². The lowest BCUT2D eigenvalue weighted by Gasteiger charge is -2.38. The highest BCUT2D eigenvalue weighted by molar-refractivity contribution is 6.23. The topological polar surface area (TPSA) is 191 Å². The molecular weight excluding hydrogens is 801 g/mol. The van der Waals surface area contributed by atoms with Crippen LogP contribution >= 0.6 is 0 Å². The average Bonchev–Trinajstić information content (AvgIpc) is 3.82. The Bertz CT molecular complexity index is 2590. The van der Waals surface area contributed by atoms with Crippen LogP contribution in [0.4, 0.5) is 22.9 Å². The van der Waals surface area contributed by atoms with Gasteiger partial charge in [-0.05, 0) is 113 Å². The number of anilines is 4. The number of carbonyl (C=O) groups excluding carboxylic acids is 5. The number of rotatable bonds is 11. The van der Waals surface area contributed by atoms with Crippen molar-refractivity contribution in [2.75, 3.05) is 60.9 Å². The summed E-state index contributed by atoms with van der Waals surface area (Å²) in [6, 6.07) is 18.6. The number of benzene rings is 2. The van der Waals surface area contributed by atoms with E-state index in [2.05, 4.69) is 79.4 Å². The first-order valence-corrected chi connectivity index (χ1v) is 22.0. The van der Waals surface area contributed by atoms with Crippen LogP contribution in [-0.4, -0.2) is 122 Å². The molecule has 5 amide bonds. The maximum absolute atomic E-state index is 13.3. The third-order valence-electron chi connectivity index (χ3n) is 13.4. The van der Waals surface area contributed by atoms with E-state index in [0.29, 0.717) is 34.1 Å². The van der Waals surface area contributed by atoms with Gasteiger partial charge in [0.05, 0.1) is 17.5 Å². The molecule has 5 aromatic rings. The van der Waals surface area contributed by atoms with E-state index in [1.165, 1.54) is 5.69 Å². The number of aryl methyl sites for hydroxylation is 1. The van der Waals surface area contributed by atoms with Crippen molar-refractivity contribution in [1.29, 1.82) is 0 Å². The number of hydrogen-bond donors (Lipinski definition) is 3. The number of hydrogen-bond acceptors (Lipinski definition) is 13. The van der Waals surface area contributed by atoms with E-state index >= 15 is 0 Å². The molecule has 4 fully saturated rings. The molecule has 17 nitrogen and oxygen atoms in total. The lowest BCUT2D eigenvalue weighted by atomic mass is 9.86. The highest BCUT2D eigenvalue weighted by Crippen LogP contribution is 2.36. The molecule has 324 valence electrons. The Hall–Kier alpha value is -6.75. The summed E-state index contributed by atoms with van der Waals surface area (Å²) in [6.45, 7) is 8.65. The summed E-state index contributed by atoms with van der Waals surface area (Å²) in [5, 5.41) is 8.80. The van der Waals surface area contributed by atoms with Crippen molar-refractivity contribution in [1.82, 2.24) is 44.9 Å². The van der Waals surface area contributed by atoms with Crippen molar-refractivity contribution in [3.63, 3.8) is 0 Å². The van der Waals surface area contributed by atoms with Crippen LogP contribution in [-0.2, 0) is 9.59 Å². The van der Waals surface area contributed by atoms with Crippen LogP contribution in [0.3, 0.4) is 0 Å². The van der Waals surface area contributed by atoms with Crippen LogP contribution in [0.25, 0.3) is 11.2 Å². The number of fused-ring (bicyclic) bond motifs is 2. The molecule has 0 radical (unpaired) electrons. The Kier molecular flexibility index (Phi) is 10.8. The van der Waals surface area contributed by atoms with E-state index in [1.807, 2.05) is 31.5 Å². The first kappa shape index (κ1) is 40.3. The molecule has 63 heavy (non-hydrogen) atoms. The summed E-state index contributed by atoms with van der Waals surface area (Å²) in [4.78, 5) is 89.7. The normalized spacial score (nSPS) is 22.0. The second kappa shape index (κ2) is 16.8. The molecule has 4 aliphatic heterocycles. The fourth-order valence-electron chi connectivity index (χ4n) is 9.69. The summed E-state index contributed by atoms with van der Waals surface area (Å²) in [5.41, 5.74) is 6.38. The van der Waals surface area contributed by atoms with Crippen LogP contribution < -0.4 is 25.8 Å². The standard InChI is InChI=1S/C46H50N12O5/c1-28-3-2-4-37(50-28)43(60)52-31-23-34(24-31)57-27-49-40-41(47-26-48-42(40)57)51-30-5-7-32(8-6-30)56-21-19-54(20-22-56)16-13-29-14-17-55(18-15-29)33-9-10-35-36(25-33)46(63)58(45(35)62)38-11-12-39(59)53-44(38)61/h2-10,25-27,29,31,34,38H,11-24H2,1H3,(H,52,60)(H,47,48,51)(H,53,59,61). The maximum Gasteiger partial charge on any atom is 0.270 e. The molecule has 10 rings (SSSR count). The molecule has 17 heteroatoms. The summed E-state index contributed by atoms with van der Waals surface area (Å²) in [5.74, 6) is -0.809. The van der Waals surface area contributed by atoms with Gasteiger partial charge in [0.2, 0.25) is 11.8 Å². The van der Waals surface area contributed by atoms with Crippen molar-refractivity contribution >= 4 is 63.6 Å². The molecule has 3 saturated heterocycles. The Labute approximate surface area is 364 Å². The highest BCUT2D eigenvalue weighted by Gasteiger charge is 2.45. The number of amides is 5. The molecule has 0 bridgehead atoms. The number of nitrogens with zero attached hydrogens (tertiary/aromatic N) is 9. The quantitative estimate of drug-likeness (QED) is 0.160. The number of piperidine rings is 2. The molecule has 3 N–H and O–H groups in total. The third kappa shape index (κ3) is 8.08. The molecule has 1 unspecified atom stereocenters. The zero-order valence-corrected chi connectivity index (χ0v) is 35.2. The van der Waals surface area contributed by atoms with Crippen LogP contribution in [0.2, 0.25) is 0 Å². The van der Waals surface area contributed by atoms with Gasteiger partial charge in [-0.1, -0.05) is 6.07 Å². The highest BCUT2D eigenvalue weighted by atomic mass is 16.2. The van der Waals surface area contributed by atoms with Gasteiger partial charge in [-0.3, -0.25) is 39.1 Å². The molecule has 0 spiro atoms. The van der Waals surface area contributed by atoms with E-state index in [0.717, 1.165) is 106 Å². The molecule has 1 aliphatic carbocycles. The Morgan fingerprint density at radius 2 is 1.56 bits per heavy atom. The molecule has 1 saturated carbocycles. The number of aromatic nitrogens is 5. The molecule has 2 aromatic carbocycles. The lowest BCUT2D eigenvalue weighted by molar-refractivity contribution is -0.136. The number of pyridine rings is 1. The van der Waals surface area contributed by atoms with Gasteiger partial charge < -0.3 is 25.0 Å². The minimum atomic E-state index is -0.963. The number of imidazole rings is 1. The number of piperazine rings is 1. The van der Waals surface area contributed by atoms with Crippen LogP contribution in [0.5, 0.6) is 0 Å². The fourth-order valence-corrected chi connectivity index (χ4v) is 9.69. The van der Waals surface area contributed by atoms with E-state index in [4.69, 9.17) is 0 Å². The summed E-state index contributed by atoms with van der Waals surface area (Å²) in [6.07, 6.45) is 8.47. The molecule has 1 atom stereocenters. The monoisotopic (exact) mass is 850 g/mol. The molecular formula is C46H50N12O5. The zero-order chi connectivity index (χ0) is 43.2. The van der Waals surface area contributed by atoms with Crippen molar-refractivity contribution in [3.8, 4) is 0 Å². The van der Waals surface area contributed by atoms with E-state index in [-0.39, 0.29) is 36.7 Å². The van der Waals surface area contributed by atoms with Crippen LogP contribution in [0, 0.1) is 12.8 Å². The van der Waals surface area contributed by atoms with Gasteiger partial charge in [-0.2, -0.15) is 0 Å². The van der Waals surface area contributed by atoms with Gasteiger partial charge in [-0.25, -0.2) is 19.9 Å². The number of carbonyl (C=O) groups is 5. The minimum absolute atomic E-state index is 0.0690. The minimum Gasteiger partial charge on any atom is -0.371 e. The van der Waals surface area contributed by atoms with Gasteiger partial charge in [0.1, 0.15) is 18.1 Å². The molecule has 3 aromatic heterocycles. The largest absolute Gasteiger partial charge is 0.371 e. The Morgan fingerprint density at radius 3 is 2.32 bits per heavy atom. The van der Waals surface area contributed by atoms with Crippen LogP contribution in [0.1, 0.15) is 87.9 Å². The van der Waals surface area contributed by atoms with E-state index < -0.39 is 23.8 Å². The van der Waals surface area contributed by atoms with Gasteiger partial charge in [-0.15, -0.1) is 0 Å². The smallest absolute Gasteiger partial charge is 0.270 e. The predicted molar refractivity (Wildman–Crippen MR) is 235 cm³/mol. The van der Waals surface area contributed by atoms with Crippen LogP contribution in [0.15, 0.2) is 73.3 Å². The van der Waals surface area contributed by atoms with Gasteiger partial charge >= 0.3 is 0 Å². The van der Waals surface area contributed by atoms with Gasteiger partial charge in [0.15, 0.2) is 17.0 Å². The first-order valence-electron chi connectivity index (χ1n) is 22.0. The van der Waals surface area contributed by atoms with Crippen molar-refractivity contribution < 1.29 is 24.0 Å². The van der Waals surface area contributed by atoms with Crippen molar-refractivity contribution in [2.45, 2.75) is 70.0 Å². The Balaban J connectivity index is 0.663. The predicted octanol–water partition coefficient (Wildman–Crippen LogP) is 4.24. The second-order valence-corrected chi connectivity index (χ2v) is 17.4. The van der Waals surface area contributed by atoms with Gasteiger partial charge in [0.25, 0.3) is 17.7 Å². The van der Waals surface area contributed by atoms with E-state index in [9.17, 15) is 24.0 Å². The number of nitrogens with one attached hydrogen (secondary N) is 3. The molecule has 7 heterocycles. The third-order valence-corrected chi connectivity index (χ3v) is 13.4. The summed E-state index contributed by atoms with van der Waals surface area (Å²) in [7, 11) is 0. The van der Waals surface area contributed by atoms with Crippen molar-refractivity contribution in [3.05, 3.63) is 95.8 Å². The lowest BCUT2D eigenvalue weighted by Crippen LogP contribution is -2.54. The molecule has 5 aliphatic rings. The SMILES string of the molecule is Cc1cccc(C(=O)NC2CC(n3cnc4c(Nc5ccc(N6CCN(CCC7CCN(c8ccc9c(c8)C(=O)N(C8CCC(=O)NC8=O)C9=O)CC7)CC6)cc5)ncnc43)C2)n1. The average molecular weight is 851 g/mol. The number of imide groups is 2. The summed E-state index contributed by atoms with van der Waals surface area (Å²) >= 11 is 0. The van der Waals surface area contributed by atoms with Crippen molar-refractivity contribution in [2.24, 2.45) is 5.92 Å². The fraction of sp³-hybridized carbons (Fsp3) is 0.413. The second-order valence-electron chi connectivity index (χ2n) is 17.4. The Morgan fingerprint density at radius 1 is 0.810 bits per heavy atom. The first-order chi connectivity index (χ1) is 30.6. The summed E-state index contributed by atoms with van der Waals surface area (Å²) < 4.78 is 2.08. The zero-order valence-electron chi connectivity index (χ0n) is 35.2. The maximum atomic E-state index is 13.3.